The zero-order chi connectivity index (χ0) is 14.8. The smallest absolute Gasteiger partial charge is 0.110 e. The summed E-state index contributed by atoms with van der Waals surface area (Å²) in [4.78, 5) is 7.88. The summed E-state index contributed by atoms with van der Waals surface area (Å²) in [5, 5.41) is 0. The largest absolute Gasteiger partial charge is 0.342 e. The van der Waals surface area contributed by atoms with E-state index in [1.807, 2.05) is 36.5 Å². The van der Waals surface area contributed by atoms with Gasteiger partial charge in [0, 0.05) is 25.4 Å². The first-order valence-electron chi connectivity index (χ1n) is 6.36. The normalized spacial score (nSPS) is 10.8. The molecule has 2 aromatic carbocycles. The molecule has 1 N–H and O–H groups in total. The minimum atomic E-state index is 0.754. The topological polar surface area (TPSA) is 28.7 Å². The first-order chi connectivity index (χ1) is 10.1. The fourth-order valence-electron chi connectivity index (χ4n) is 2.13. The van der Waals surface area contributed by atoms with Gasteiger partial charge in [0.05, 0.1) is 11.9 Å². The summed E-state index contributed by atoms with van der Waals surface area (Å²) >= 11 is 10.7. The van der Waals surface area contributed by atoms with E-state index in [9.17, 15) is 0 Å². The van der Waals surface area contributed by atoms with E-state index in [1.165, 1.54) is 5.56 Å². The van der Waals surface area contributed by atoms with Gasteiger partial charge in [-0.1, -0.05) is 66.0 Å². The van der Waals surface area contributed by atoms with Crippen LogP contribution < -0.4 is 0 Å². The molecule has 0 aliphatic carbocycles. The highest BCUT2D eigenvalue weighted by Gasteiger charge is 2.08. The van der Waals surface area contributed by atoms with Gasteiger partial charge < -0.3 is 4.98 Å². The molecule has 0 atom stereocenters. The van der Waals surface area contributed by atoms with Crippen LogP contribution in [0.4, 0.5) is 0 Å². The summed E-state index contributed by atoms with van der Waals surface area (Å²) in [5.74, 6) is 0.944. The lowest BCUT2D eigenvalue weighted by molar-refractivity contribution is 1.02. The molecule has 3 aromatic rings. The quantitative estimate of drug-likeness (QED) is 0.503. The van der Waals surface area contributed by atoms with Gasteiger partial charge >= 0.3 is 0 Å². The molecule has 0 aliphatic heterocycles. The molecule has 3 rings (SSSR count). The standard InChI is InChI=1S/C16H11Br3N2/c17-11-5-6-13(18)10(7-11)8-16-20-9-15(21-16)12-3-1-2-4-14(12)19/h1-7,9H,8H2,(H,20,21). The molecular formula is C16H11Br3N2. The minimum absolute atomic E-state index is 0.754. The SMILES string of the molecule is Brc1ccc(Br)c(Cc2ncc(-c3ccccc3Br)[nH]2)c1. The van der Waals surface area contributed by atoms with Gasteiger partial charge in [-0.3, -0.25) is 0 Å². The molecule has 0 spiro atoms. The van der Waals surface area contributed by atoms with Crippen molar-refractivity contribution in [2.45, 2.75) is 6.42 Å². The van der Waals surface area contributed by atoms with E-state index in [0.717, 1.165) is 36.9 Å². The molecule has 0 amide bonds. The Morgan fingerprint density at radius 2 is 1.76 bits per heavy atom. The van der Waals surface area contributed by atoms with E-state index in [0.29, 0.717) is 0 Å². The summed E-state index contributed by atoms with van der Waals surface area (Å²) in [6.45, 7) is 0. The zero-order valence-electron chi connectivity index (χ0n) is 10.9. The molecule has 106 valence electrons. The van der Waals surface area contributed by atoms with Gasteiger partial charge in [0.25, 0.3) is 0 Å². The zero-order valence-corrected chi connectivity index (χ0v) is 15.7. The number of hydrogen-bond acceptors (Lipinski definition) is 1. The fourth-order valence-corrected chi connectivity index (χ4v) is 3.42. The monoisotopic (exact) mass is 468 g/mol. The fraction of sp³-hybridized carbons (Fsp3) is 0.0625. The molecule has 0 saturated carbocycles. The van der Waals surface area contributed by atoms with Crippen LogP contribution in [0.3, 0.4) is 0 Å². The predicted octanol–water partition coefficient (Wildman–Crippen LogP) is 5.96. The van der Waals surface area contributed by atoms with Crippen LogP contribution in [0.2, 0.25) is 0 Å². The summed E-state index contributed by atoms with van der Waals surface area (Å²) in [6.07, 6.45) is 2.63. The van der Waals surface area contributed by atoms with Crippen LogP contribution in [-0.2, 0) is 6.42 Å². The molecule has 0 unspecified atom stereocenters. The van der Waals surface area contributed by atoms with Gasteiger partial charge in [-0.05, 0) is 29.8 Å². The number of H-pyrrole nitrogens is 1. The number of benzene rings is 2. The van der Waals surface area contributed by atoms with Crippen molar-refractivity contribution in [3.8, 4) is 11.3 Å². The van der Waals surface area contributed by atoms with E-state index < -0.39 is 0 Å². The van der Waals surface area contributed by atoms with Crippen molar-refractivity contribution in [2.24, 2.45) is 0 Å². The molecule has 1 heterocycles. The Morgan fingerprint density at radius 3 is 2.57 bits per heavy atom. The molecule has 1 aromatic heterocycles. The Kier molecular flexibility index (Phi) is 4.62. The Bertz CT molecular complexity index is 781. The van der Waals surface area contributed by atoms with Crippen LogP contribution in [0.25, 0.3) is 11.3 Å². The van der Waals surface area contributed by atoms with Crippen molar-refractivity contribution >= 4 is 47.8 Å². The third-order valence-corrected chi connectivity index (χ3v) is 5.12. The summed E-state index contributed by atoms with van der Waals surface area (Å²) in [7, 11) is 0. The second-order valence-corrected chi connectivity index (χ2v) is 7.26. The van der Waals surface area contributed by atoms with Crippen LogP contribution in [0.1, 0.15) is 11.4 Å². The number of aromatic nitrogens is 2. The third-order valence-electron chi connectivity index (χ3n) is 3.16. The number of aromatic amines is 1. The number of halogens is 3. The molecule has 2 nitrogen and oxygen atoms in total. The number of nitrogens with one attached hydrogen (secondary N) is 1. The lowest BCUT2D eigenvalue weighted by Gasteiger charge is -2.04. The van der Waals surface area contributed by atoms with Crippen molar-refractivity contribution in [3.05, 3.63) is 73.5 Å². The molecule has 0 radical (unpaired) electrons. The Balaban J connectivity index is 1.89. The third kappa shape index (κ3) is 3.47. The van der Waals surface area contributed by atoms with Crippen LogP contribution in [0.15, 0.2) is 62.1 Å². The number of imidazole rings is 1. The molecule has 21 heavy (non-hydrogen) atoms. The number of hydrogen-bond donors (Lipinski definition) is 1. The molecule has 0 aliphatic rings. The van der Waals surface area contributed by atoms with E-state index in [2.05, 4.69) is 69.9 Å². The van der Waals surface area contributed by atoms with E-state index in [-0.39, 0.29) is 0 Å². The Labute approximate surface area is 148 Å². The average molecular weight is 471 g/mol. The van der Waals surface area contributed by atoms with Crippen LogP contribution >= 0.6 is 47.8 Å². The molecule has 0 saturated heterocycles. The highest BCUT2D eigenvalue weighted by atomic mass is 79.9. The second-order valence-electron chi connectivity index (χ2n) is 4.64. The average Bonchev–Trinajstić information content (AvgIpc) is 2.92. The van der Waals surface area contributed by atoms with E-state index in [1.54, 1.807) is 0 Å². The van der Waals surface area contributed by atoms with Crippen molar-refractivity contribution in [1.29, 1.82) is 0 Å². The highest BCUT2D eigenvalue weighted by molar-refractivity contribution is 9.11. The first-order valence-corrected chi connectivity index (χ1v) is 8.74. The Morgan fingerprint density at radius 1 is 0.952 bits per heavy atom. The maximum atomic E-state index is 4.49. The van der Waals surface area contributed by atoms with E-state index in [4.69, 9.17) is 0 Å². The van der Waals surface area contributed by atoms with Gasteiger partial charge in [0.15, 0.2) is 0 Å². The van der Waals surface area contributed by atoms with Crippen molar-refractivity contribution in [2.75, 3.05) is 0 Å². The lowest BCUT2D eigenvalue weighted by atomic mass is 10.1. The van der Waals surface area contributed by atoms with Gasteiger partial charge in [0.1, 0.15) is 5.82 Å². The summed E-state index contributed by atoms with van der Waals surface area (Å²) in [6, 6.07) is 14.3. The minimum Gasteiger partial charge on any atom is -0.342 e. The predicted molar refractivity (Wildman–Crippen MR) is 96.4 cm³/mol. The van der Waals surface area contributed by atoms with Gasteiger partial charge in [-0.25, -0.2) is 4.98 Å². The van der Waals surface area contributed by atoms with Gasteiger partial charge in [0.2, 0.25) is 0 Å². The second kappa shape index (κ2) is 6.46. The lowest BCUT2D eigenvalue weighted by Crippen LogP contribution is -1.92. The van der Waals surface area contributed by atoms with Gasteiger partial charge in [-0.15, -0.1) is 0 Å². The number of rotatable bonds is 3. The van der Waals surface area contributed by atoms with Crippen molar-refractivity contribution in [1.82, 2.24) is 9.97 Å². The van der Waals surface area contributed by atoms with Crippen LogP contribution in [-0.4, -0.2) is 9.97 Å². The summed E-state index contributed by atoms with van der Waals surface area (Å²) in [5.41, 5.74) is 3.32. The molecule has 0 fully saturated rings. The highest BCUT2D eigenvalue weighted by Crippen LogP contribution is 2.28. The number of nitrogens with zero attached hydrogens (tertiary/aromatic N) is 1. The Hall–Kier alpha value is -0.910. The van der Waals surface area contributed by atoms with Crippen molar-refractivity contribution < 1.29 is 0 Å². The maximum Gasteiger partial charge on any atom is 0.110 e. The molecule has 5 heteroatoms. The first kappa shape index (κ1) is 15.0. The molecular weight excluding hydrogens is 460 g/mol. The summed E-state index contributed by atoms with van der Waals surface area (Å²) < 4.78 is 3.21. The van der Waals surface area contributed by atoms with E-state index >= 15 is 0 Å². The van der Waals surface area contributed by atoms with Crippen LogP contribution in [0, 0.1) is 0 Å². The molecule has 0 bridgehead atoms. The van der Waals surface area contributed by atoms with Crippen molar-refractivity contribution in [3.63, 3.8) is 0 Å². The van der Waals surface area contributed by atoms with Gasteiger partial charge in [-0.2, -0.15) is 0 Å². The maximum absolute atomic E-state index is 4.49. The van der Waals surface area contributed by atoms with Crippen LogP contribution in [0.5, 0.6) is 0 Å².